The van der Waals surface area contributed by atoms with Crippen molar-refractivity contribution in [2.24, 2.45) is 0 Å². The van der Waals surface area contributed by atoms with Gasteiger partial charge in [-0.25, -0.2) is 9.07 Å². The molecule has 3 rings (SSSR count). The minimum atomic E-state index is -4.83. The number of rotatable bonds is 4. The number of hydrogen-bond acceptors (Lipinski definition) is 2. The van der Waals surface area contributed by atoms with E-state index in [0.717, 1.165) is 11.8 Å². The molecule has 3 aromatic rings. The van der Waals surface area contributed by atoms with E-state index < -0.39 is 23.5 Å². The smallest absolute Gasteiger partial charge is 0.326 e. The summed E-state index contributed by atoms with van der Waals surface area (Å²) in [5, 5.41) is 6.48. The topological polar surface area (TPSA) is 46.9 Å². The summed E-state index contributed by atoms with van der Waals surface area (Å²) in [6.45, 7) is 0. The average molecular weight is 363 g/mol. The number of nitrogens with one attached hydrogen (secondary N) is 1. The first kappa shape index (κ1) is 17.7. The summed E-state index contributed by atoms with van der Waals surface area (Å²) in [6, 6.07) is 11.6. The van der Waals surface area contributed by atoms with Gasteiger partial charge in [0.15, 0.2) is 0 Å². The van der Waals surface area contributed by atoms with Crippen LogP contribution in [-0.4, -0.2) is 15.7 Å². The predicted molar refractivity (Wildman–Crippen MR) is 87.3 cm³/mol. The molecule has 1 amide bonds. The van der Waals surface area contributed by atoms with Gasteiger partial charge in [0.1, 0.15) is 5.82 Å². The van der Waals surface area contributed by atoms with Crippen molar-refractivity contribution < 1.29 is 22.4 Å². The molecule has 0 bridgehead atoms. The predicted octanol–water partition coefficient (Wildman–Crippen LogP) is 4.21. The Balaban J connectivity index is 1.69. The van der Waals surface area contributed by atoms with Crippen molar-refractivity contribution in [2.75, 3.05) is 5.32 Å². The van der Waals surface area contributed by atoms with Crippen molar-refractivity contribution in [3.63, 3.8) is 0 Å². The molecule has 0 saturated carbocycles. The molecule has 0 spiro atoms. The second kappa shape index (κ2) is 6.99. The zero-order chi connectivity index (χ0) is 18.7. The molecule has 1 N–H and O–H groups in total. The lowest BCUT2D eigenvalue weighted by molar-refractivity contribution is -0.140. The lowest BCUT2D eigenvalue weighted by Crippen LogP contribution is -2.15. The molecule has 0 aliphatic carbocycles. The molecule has 0 atom stereocenters. The maximum Gasteiger partial charge on any atom is 0.419 e. The van der Waals surface area contributed by atoms with Crippen LogP contribution in [-0.2, 0) is 17.4 Å². The number of carbonyl (C=O) groups is 1. The molecule has 2 aromatic carbocycles. The van der Waals surface area contributed by atoms with Gasteiger partial charge in [-0.05, 0) is 35.9 Å². The van der Waals surface area contributed by atoms with Gasteiger partial charge in [0.05, 0.1) is 23.9 Å². The van der Waals surface area contributed by atoms with Crippen LogP contribution in [0.15, 0.2) is 60.9 Å². The molecule has 8 heteroatoms. The average Bonchev–Trinajstić information content (AvgIpc) is 3.05. The van der Waals surface area contributed by atoms with E-state index in [-0.39, 0.29) is 12.1 Å². The molecular weight excluding hydrogens is 350 g/mol. The Bertz CT molecular complexity index is 920. The summed E-state index contributed by atoms with van der Waals surface area (Å²) in [6.07, 6.45) is -1.76. The summed E-state index contributed by atoms with van der Waals surface area (Å²) in [7, 11) is 0. The first-order valence-corrected chi connectivity index (χ1v) is 7.58. The van der Waals surface area contributed by atoms with Crippen LogP contribution in [0.5, 0.6) is 0 Å². The van der Waals surface area contributed by atoms with Crippen molar-refractivity contribution in [3.8, 4) is 5.69 Å². The summed E-state index contributed by atoms with van der Waals surface area (Å²) in [5.74, 6) is -1.92. The van der Waals surface area contributed by atoms with Crippen LogP contribution in [0.1, 0.15) is 11.1 Å². The van der Waals surface area contributed by atoms with Gasteiger partial charge in [0.2, 0.25) is 5.91 Å². The first-order valence-electron chi connectivity index (χ1n) is 7.58. The standard InChI is InChI=1S/C18H13F4N3O/c19-16-7-6-13(9-15(16)18(20,21)22)24-17(26)8-12-10-23-25(11-12)14-4-2-1-3-5-14/h1-7,9-11H,8H2,(H,24,26). The highest BCUT2D eigenvalue weighted by Gasteiger charge is 2.34. The molecule has 134 valence electrons. The summed E-state index contributed by atoms with van der Waals surface area (Å²) >= 11 is 0. The fraction of sp³-hybridized carbons (Fsp3) is 0.111. The normalized spacial score (nSPS) is 11.4. The Morgan fingerprint density at radius 3 is 2.54 bits per heavy atom. The molecule has 0 saturated heterocycles. The number of benzene rings is 2. The second-order valence-electron chi connectivity index (χ2n) is 5.55. The Hall–Kier alpha value is -3.16. The number of hydrogen-bond donors (Lipinski definition) is 1. The van der Waals surface area contributed by atoms with Crippen molar-refractivity contribution in [2.45, 2.75) is 12.6 Å². The van der Waals surface area contributed by atoms with Gasteiger partial charge in [-0.3, -0.25) is 4.79 Å². The van der Waals surface area contributed by atoms with Crippen LogP contribution in [0.3, 0.4) is 0 Å². The number of alkyl halides is 3. The van der Waals surface area contributed by atoms with Crippen molar-refractivity contribution in [1.82, 2.24) is 9.78 Å². The number of amides is 1. The third-order valence-electron chi connectivity index (χ3n) is 3.58. The summed E-state index contributed by atoms with van der Waals surface area (Å²) in [4.78, 5) is 12.1. The van der Waals surface area contributed by atoms with Crippen molar-refractivity contribution >= 4 is 11.6 Å². The van der Waals surface area contributed by atoms with Gasteiger partial charge in [0.25, 0.3) is 0 Å². The molecule has 0 aliphatic rings. The van der Waals surface area contributed by atoms with Gasteiger partial charge in [-0.15, -0.1) is 0 Å². The minimum Gasteiger partial charge on any atom is -0.326 e. The quantitative estimate of drug-likeness (QED) is 0.706. The van der Waals surface area contributed by atoms with Gasteiger partial charge in [0, 0.05) is 11.9 Å². The molecule has 4 nitrogen and oxygen atoms in total. The van der Waals surface area contributed by atoms with Gasteiger partial charge in [-0.2, -0.15) is 18.3 Å². The number of aromatic nitrogens is 2. The van der Waals surface area contributed by atoms with E-state index in [9.17, 15) is 22.4 Å². The van der Waals surface area contributed by atoms with Crippen molar-refractivity contribution in [3.05, 3.63) is 77.9 Å². The highest BCUT2D eigenvalue weighted by atomic mass is 19.4. The van der Waals surface area contributed by atoms with Crippen LogP contribution >= 0.6 is 0 Å². The highest BCUT2D eigenvalue weighted by molar-refractivity contribution is 5.92. The van der Waals surface area contributed by atoms with Gasteiger partial charge < -0.3 is 5.32 Å². The zero-order valence-electron chi connectivity index (χ0n) is 13.3. The van der Waals surface area contributed by atoms with Crippen LogP contribution in [0.25, 0.3) is 5.69 Å². The fourth-order valence-corrected chi connectivity index (χ4v) is 2.38. The molecule has 1 aromatic heterocycles. The van der Waals surface area contributed by atoms with Crippen LogP contribution in [0.2, 0.25) is 0 Å². The Morgan fingerprint density at radius 2 is 1.85 bits per heavy atom. The van der Waals surface area contributed by atoms with E-state index in [4.69, 9.17) is 0 Å². The van der Waals surface area contributed by atoms with Gasteiger partial charge in [-0.1, -0.05) is 18.2 Å². The molecule has 0 radical (unpaired) electrons. The fourth-order valence-electron chi connectivity index (χ4n) is 2.38. The van der Waals surface area contributed by atoms with E-state index in [1.54, 1.807) is 10.9 Å². The second-order valence-corrected chi connectivity index (χ2v) is 5.55. The van der Waals surface area contributed by atoms with Crippen LogP contribution in [0.4, 0.5) is 23.2 Å². The molecule has 0 unspecified atom stereocenters. The monoisotopic (exact) mass is 363 g/mol. The van der Waals surface area contributed by atoms with E-state index in [1.165, 1.54) is 6.20 Å². The lowest BCUT2D eigenvalue weighted by atomic mass is 10.1. The maximum absolute atomic E-state index is 13.3. The number of halogens is 4. The van der Waals surface area contributed by atoms with Crippen LogP contribution in [0, 0.1) is 5.82 Å². The molecular formula is C18H13F4N3O. The molecule has 1 heterocycles. The minimum absolute atomic E-state index is 0.0778. The van der Waals surface area contributed by atoms with Crippen molar-refractivity contribution in [1.29, 1.82) is 0 Å². The molecule has 26 heavy (non-hydrogen) atoms. The number of carbonyl (C=O) groups excluding carboxylic acids is 1. The molecule has 0 aliphatic heterocycles. The zero-order valence-corrected chi connectivity index (χ0v) is 13.3. The Kier molecular flexibility index (Phi) is 4.75. The Labute approximate surface area is 146 Å². The number of anilines is 1. The van der Waals surface area contributed by atoms with Crippen LogP contribution < -0.4 is 5.32 Å². The van der Waals surface area contributed by atoms with E-state index in [2.05, 4.69) is 10.4 Å². The van der Waals surface area contributed by atoms with E-state index in [0.29, 0.717) is 17.7 Å². The Morgan fingerprint density at radius 1 is 1.12 bits per heavy atom. The van der Waals surface area contributed by atoms with E-state index >= 15 is 0 Å². The lowest BCUT2D eigenvalue weighted by Gasteiger charge is -2.10. The third-order valence-corrected chi connectivity index (χ3v) is 3.58. The first-order chi connectivity index (χ1) is 12.3. The number of para-hydroxylation sites is 1. The van der Waals surface area contributed by atoms with E-state index in [1.807, 2.05) is 30.3 Å². The third kappa shape index (κ3) is 4.08. The number of nitrogens with zero attached hydrogens (tertiary/aromatic N) is 2. The maximum atomic E-state index is 13.3. The summed E-state index contributed by atoms with van der Waals surface area (Å²) < 4.78 is 53.0. The highest BCUT2D eigenvalue weighted by Crippen LogP contribution is 2.33. The molecule has 0 fully saturated rings. The van der Waals surface area contributed by atoms with Gasteiger partial charge >= 0.3 is 6.18 Å². The summed E-state index contributed by atoms with van der Waals surface area (Å²) in [5.41, 5.74) is -0.150. The largest absolute Gasteiger partial charge is 0.419 e. The SMILES string of the molecule is O=C(Cc1cnn(-c2ccccc2)c1)Nc1ccc(F)c(C(F)(F)F)c1.